The first-order valence-corrected chi connectivity index (χ1v) is 7.44. The van der Waals surface area contributed by atoms with Crippen molar-refractivity contribution in [2.75, 3.05) is 18.0 Å². The zero-order valence-electron chi connectivity index (χ0n) is 12.3. The SMILES string of the molecule is OC1CCN(c2cc(-c3nc(-c4ccccn4)no3)ccn2)C1. The fourth-order valence-electron chi connectivity index (χ4n) is 2.61. The first kappa shape index (κ1) is 13.8. The van der Waals surface area contributed by atoms with E-state index in [4.69, 9.17) is 4.52 Å². The predicted octanol–water partition coefficient (Wildman–Crippen LogP) is 1.76. The molecule has 0 bridgehead atoms. The number of nitrogens with zero attached hydrogens (tertiary/aromatic N) is 5. The van der Waals surface area contributed by atoms with Gasteiger partial charge in [-0.3, -0.25) is 4.98 Å². The molecule has 116 valence electrons. The first-order valence-electron chi connectivity index (χ1n) is 7.44. The molecule has 7 nitrogen and oxygen atoms in total. The van der Waals surface area contributed by atoms with Gasteiger partial charge in [0.25, 0.3) is 5.89 Å². The standard InChI is InChI=1S/C16H15N5O2/c22-12-5-8-21(10-12)14-9-11(4-7-18-14)16-19-15(20-23-16)13-3-1-2-6-17-13/h1-4,6-7,9,12,22H,5,8,10H2. The molecule has 0 aliphatic carbocycles. The lowest BCUT2D eigenvalue weighted by Gasteiger charge is -2.16. The number of aromatic nitrogens is 4. The molecular weight excluding hydrogens is 294 g/mol. The summed E-state index contributed by atoms with van der Waals surface area (Å²) in [5.41, 5.74) is 1.46. The Bertz CT molecular complexity index is 805. The van der Waals surface area contributed by atoms with Crippen LogP contribution in [0.5, 0.6) is 0 Å². The Morgan fingerprint density at radius 2 is 2.13 bits per heavy atom. The molecule has 1 N–H and O–H groups in total. The molecule has 23 heavy (non-hydrogen) atoms. The second-order valence-corrected chi connectivity index (χ2v) is 5.43. The molecule has 7 heteroatoms. The summed E-state index contributed by atoms with van der Waals surface area (Å²) in [4.78, 5) is 15.0. The van der Waals surface area contributed by atoms with Crippen LogP contribution < -0.4 is 4.90 Å². The van der Waals surface area contributed by atoms with E-state index >= 15 is 0 Å². The van der Waals surface area contributed by atoms with Crippen LogP contribution >= 0.6 is 0 Å². The minimum absolute atomic E-state index is 0.292. The fraction of sp³-hybridized carbons (Fsp3) is 0.250. The predicted molar refractivity (Wildman–Crippen MR) is 83.6 cm³/mol. The van der Waals surface area contributed by atoms with Crippen LogP contribution in [0.25, 0.3) is 23.0 Å². The van der Waals surface area contributed by atoms with Crippen LogP contribution in [-0.4, -0.2) is 44.4 Å². The van der Waals surface area contributed by atoms with Crippen LogP contribution in [0.4, 0.5) is 5.82 Å². The van der Waals surface area contributed by atoms with Crippen molar-refractivity contribution in [1.29, 1.82) is 0 Å². The minimum atomic E-state index is -0.292. The summed E-state index contributed by atoms with van der Waals surface area (Å²) in [6.45, 7) is 1.39. The molecule has 1 aliphatic heterocycles. The minimum Gasteiger partial charge on any atom is -0.391 e. The Hall–Kier alpha value is -2.80. The van der Waals surface area contributed by atoms with E-state index in [0.29, 0.717) is 24.0 Å². The third kappa shape index (κ3) is 2.78. The van der Waals surface area contributed by atoms with Gasteiger partial charge in [-0.1, -0.05) is 11.2 Å². The highest BCUT2D eigenvalue weighted by Crippen LogP contribution is 2.25. The van der Waals surface area contributed by atoms with Crippen LogP contribution in [-0.2, 0) is 0 Å². The van der Waals surface area contributed by atoms with E-state index in [1.165, 1.54) is 0 Å². The highest BCUT2D eigenvalue weighted by atomic mass is 16.5. The summed E-state index contributed by atoms with van der Waals surface area (Å²) in [5, 5.41) is 13.6. The molecular formula is C16H15N5O2. The largest absolute Gasteiger partial charge is 0.391 e. The van der Waals surface area contributed by atoms with Crippen molar-refractivity contribution in [3.8, 4) is 23.0 Å². The molecule has 1 fully saturated rings. The van der Waals surface area contributed by atoms with Gasteiger partial charge < -0.3 is 14.5 Å². The summed E-state index contributed by atoms with van der Waals surface area (Å²) in [5.74, 6) is 1.68. The number of aliphatic hydroxyl groups is 1. The van der Waals surface area contributed by atoms with Crippen LogP contribution in [0.1, 0.15) is 6.42 Å². The van der Waals surface area contributed by atoms with Crippen molar-refractivity contribution in [2.24, 2.45) is 0 Å². The van der Waals surface area contributed by atoms with Gasteiger partial charge in [-0.05, 0) is 30.7 Å². The number of hydrogen-bond acceptors (Lipinski definition) is 7. The van der Waals surface area contributed by atoms with Crippen molar-refractivity contribution in [3.63, 3.8) is 0 Å². The summed E-state index contributed by atoms with van der Waals surface area (Å²) >= 11 is 0. The molecule has 1 unspecified atom stereocenters. The smallest absolute Gasteiger partial charge is 0.258 e. The average Bonchev–Trinajstić information content (AvgIpc) is 3.25. The number of anilines is 1. The van der Waals surface area contributed by atoms with Crippen molar-refractivity contribution in [1.82, 2.24) is 20.1 Å². The Balaban J connectivity index is 1.62. The highest BCUT2D eigenvalue weighted by Gasteiger charge is 2.22. The Labute approximate surface area is 132 Å². The fourth-order valence-corrected chi connectivity index (χ4v) is 2.61. The van der Waals surface area contributed by atoms with Crippen LogP contribution in [0.3, 0.4) is 0 Å². The van der Waals surface area contributed by atoms with Crippen LogP contribution in [0.15, 0.2) is 47.2 Å². The van der Waals surface area contributed by atoms with Gasteiger partial charge in [0.15, 0.2) is 0 Å². The molecule has 0 amide bonds. The van der Waals surface area contributed by atoms with Crippen LogP contribution in [0, 0.1) is 0 Å². The van der Waals surface area contributed by atoms with Gasteiger partial charge in [0.1, 0.15) is 11.5 Å². The van der Waals surface area contributed by atoms with Crippen molar-refractivity contribution >= 4 is 5.82 Å². The quantitative estimate of drug-likeness (QED) is 0.788. The molecule has 4 rings (SSSR count). The topological polar surface area (TPSA) is 88.2 Å². The second kappa shape index (κ2) is 5.77. The molecule has 0 radical (unpaired) electrons. The molecule has 4 heterocycles. The van der Waals surface area contributed by atoms with Crippen LogP contribution in [0.2, 0.25) is 0 Å². The molecule has 1 saturated heterocycles. The van der Waals surface area contributed by atoms with E-state index in [1.54, 1.807) is 12.4 Å². The molecule has 1 atom stereocenters. The van der Waals surface area contributed by atoms with E-state index in [2.05, 4.69) is 20.1 Å². The maximum atomic E-state index is 9.66. The third-order valence-electron chi connectivity index (χ3n) is 3.80. The first-order chi connectivity index (χ1) is 11.3. The Morgan fingerprint density at radius 3 is 2.91 bits per heavy atom. The second-order valence-electron chi connectivity index (χ2n) is 5.43. The lowest BCUT2D eigenvalue weighted by atomic mass is 10.2. The van der Waals surface area contributed by atoms with E-state index in [-0.39, 0.29) is 6.10 Å². The van der Waals surface area contributed by atoms with Gasteiger partial charge in [0, 0.05) is 31.0 Å². The van der Waals surface area contributed by atoms with Gasteiger partial charge in [0.05, 0.1) is 6.10 Å². The van der Waals surface area contributed by atoms with E-state index in [9.17, 15) is 5.11 Å². The monoisotopic (exact) mass is 309 g/mol. The highest BCUT2D eigenvalue weighted by molar-refractivity contribution is 5.61. The van der Waals surface area contributed by atoms with Gasteiger partial charge in [-0.15, -0.1) is 0 Å². The lowest BCUT2D eigenvalue weighted by Crippen LogP contribution is -2.22. The van der Waals surface area contributed by atoms with Gasteiger partial charge >= 0.3 is 0 Å². The average molecular weight is 309 g/mol. The van der Waals surface area contributed by atoms with E-state index < -0.39 is 0 Å². The number of rotatable bonds is 3. The number of aliphatic hydroxyl groups excluding tert-OH is 1. The number of β-amino-alcohol motifs (C(OH)–C–C–N with tert-alkyl or cyclic N) is 1. The zero-order valence-corrected chi connectivity index (χ0v) is 12.3. The summed E-state index contributed by atoms with van der Waals surface area (Å²) in [6.07, 6.45) is 3.87. The number of hydrogen-bond donors (Lipinski definition) is 1. The maximum absolute atomic E-state index is 9.66. The number of pyridine rings is 2. The van der Waals surface area contributed by atoms with Crippen molar-refractivity contribution in [2.45, 2.75) is 12.5 Å². The molecule has 0 saturated carbocycles. The van der Waals surface area contributed by atoms with Crippen molar-refractivity contribution in [3.05, 3.63) is 42.7 Å². The Morgan fingerprint density at radius 1 is 1.17 bits per heavy atom. The zero-order chi connectivity index (χ0) is 15.6. The van der Waals surface area contributed by atoms with Gasteiger partial charge in [-0.2, -0.15) is 4.98 Å². The maximum Gasteiger partial charge on any atom is 0.258 e. The summed E-state index contributed by atoms with van der Waals surface area (Å²) in [7, 11) is 0. The van der Waals surface area contributed by atoms with Gasteiger partial charge in [-0.25, -0.2) is 4.98 Å². The normalized spacial score (nSPS) is 17.6. The molecule has 1 aliphatic rings. The summed E-state index contributed by atoms with van der Waals surface area (Å²) < 4.78 is 5.35. The third-order valence-corrected chi connectivity index (χ3v) is 3.80. The molecule has 3 aromatic heterocycles. The molecule has 3 aromatic rings. The lowest BCUT2D eigenvalue weighted by molar-refractivity contribution is 0.198. The molecule has 0 aromatic carbocycles. The van der Waals surface area contributed by atoms with E-state index in [0.717, 1.165) is 24.3 Å². The molecule has 0 spiro atoms. The Kier molecular flexibility index (Phi) is 3.47. The van der Waals surface area contributed by atoms with E-state index in [1.807, 2.05) is 35.2 Å². The van der Waals surface area contributed by atoms with Gasteiger partial charge in [0.2, 0.25) is 5.82 Å². The van der Waals surface area contributed by atoms with Crippen molar-refractivity contribution < 1.29 is 9.63 Å². The summed E-state index contributed by atoms with van der Waals surface area (Å²) in [6, 6.07) is 9.27.